The first-order chi connectivity index (χ1) is 11.6. The number of unbranched alkanes of at least 4 members (excludes halogenated alkanes) is 1. The van der Waals surface area contributed by atoms with Crippen molar-refractivity contribution in [2.24, 2.45) is 0 Å². The van der Waals surface area contributed by atoms with Gasteiger partial charge in [0.1, 0.15) is 13.2 Å². The summed E-state index contributed by atoms with van der Waals surface area (Å²) in [5.41, 5.74) is 1.27. The molecule has 128 valence electrons. The molecule has 2 aromatic rings. The summed E-state index contributed by atoms with van der Waals surface area (Å²) >= 11 is 0. The van der Waals surface area contributed by atoms with E-state index in [9.17, 15) is 8.42 Å². The number of fused-ring (bicyclic) bond motifs is 1. The molecule has 3 rings (SSSR count). The van der Waals surface area contributed by atoms with Crippen LogP contribution in [0.3, 0.4) is 0 Å². The number of nitrogens with one attached hydrogen (secondary N) is 1. The first kappa shape index (κ1) is 16.8. The minimum Gasteiger partial charge on any atom is -0.486 e. The molecule has 0 radical (unpaired) electrons. The number of aryl methyl sites for hydroxylation is 1. The van der Waals surface area contributed by atoms with Gasteiger partial charge in [-0.25, -0.2) is 13.1 Å². The molecule has 0 atom stereocenters. The van der Waals surface area contributed by atoms with Crippen molar-refractivity contribution in [3.05, 3.63) is 54.1 Å². The van der Waals surface area contributed by atoms with Crippen molar-refractivity contribution in [2.45, 2.75) is 24.2 Å². The normalized spacial score (nSPS) is 13.7. The zero-order valence-corrected chi connectivity index (χ0v) is 14.2. The van der Waals surface area contributed by atoms with Crippen molar-refractivity contribution < 1.29 is 17.9 Å². The molecule has 0 spiro atoms. The van der Waals surface area contributed by atoms with E-state index in [2.05, 4.69) is 16.9 Å². The maximum atomic E-state index is 12.3. The molecule has 0 saturated heterocycles. The van der Waals surface area contributed by atoms with Gasteiger partial charge in [-0.1, -0.05) is 30.3 Å². The van der Waals surface area contributed by atoms with Gasteiger partial charge >= 0.3 is 0 Å². The largest absolute Gasteiger partial charge is 0.486 e. The van der Waals surface area contributed by atoms with Crippen molar-refractivity contribution in [3.8, 4) is 11.5 Å². The molecule has 5 nitrogen and oxygen atoms in total. The summed E-state index contributed by atoms with van der Waals surface area (Å²) in [5, 5.41) is 0. The molecule has 0 saturated carbocycles. The zero-order chi connectivity index (χ0) is 16.8. The highest BCUT2D eigenvalue weighted by Crippen LogP contribution is 2.32. The van der Waals surface area contributed by atoms with Gasteiger partial charge in [-0.3, -0.25) is 0 Å². The van der Waals surface area contributed by atoms with Crippen molar-refractivity contribution in [2.75, 3.05) is 19.8 Å². The monoisotopic (exact) mass is 347 g/mol. The second kappa shape index (κ2) is 7.68. The number of sulfonamides is 1. The van der Waals surface area contributed by atoms with Gasteiger partial charge in [-0.2, -0.15) is 0 Å². The minimum atomic E-state index is -3.52. The second-order valence-corrected chi connectivity index (χ2v) is 7.41. The van der Waals surface area contributed by atoms with E-state index in [1.54, 1.807) is 12.1 Å². The van der Waals surface area contributed by atoms with E-state index in [0.717, 1.165) is 19.3 Å². The van der Waals surface area contributed by atoms with Crippen LogP contribution in [0.4, 0.5) is 0 Å². The van der Waals surface area contributed by atoms with Crippen LogP contribution in [-0.4, -0.2) is 28.2 Å². The fraction of sp³-hybridized carbons (Fsp3) is 0.333. The second-order valence-electron chi connectivity index (χ2n) is 5.65. The molecule has 1 aliphatic rings. The molecule has 0 aliphatic carbocycles. The van der Waals surface area contributed by atoms with Gasteiger partial charge in [0.25, 0.3) is 0 Å². The summed E-state index contributed by atoms with van der Waals surface area (Å²) < 4.78 is 38.2. The van der Waals surface area contributed by atoms with Crippen LogP contribution < -0.4 is 14.2 Å². The predicted octanol–water partition coefficient (Wildman–Crippen LogP) is 2.76. The molecule has 1 heterocycles. The number of benzene rings is 2. The highest BCUT2D eigenvalue weighted by atomic mass is 32.2. The lowest BCUT2D eigenvalue weighted by atomic mass is 10.1. The number of rotatable bonds is 7. The fourth-order valence-electron chi connectivity index (χ4n) is 2.58. The van der Waals surface area contributed by atoms with Gasteiger partial charge in [0.15, 0.2) is 11.5 Å². The molecule has 0 amide bonds. The van der Waals surface area contributed by atoms with Crippen LogP contribution in [0.2, 0.25) is 0 Å². The summed E-state index contributed by atoms with van der Waals surface area (Å²) in [4.78, 5) is 0.204. The van der Waals surface area contributed by atoms with Gasteiger partial charge in [0, 0.05) is 12.6 Å². The molecule has 0 unspecified atom stereocenters. The van der Waals surface area contributed by atoms with Crippen molar-refractivity contribution in [1.82, 2.24) is 4.72 Å². The molecule has 1 aliphatic heterocycles. The van der Waals surface area contributed by atoms with Crippen molar-refractivity contribution >= 4 is 10.0 Å². The van der Waals surface area contributed by atoms with Gasteiger partial charge < -0.3 is 9.47 Å². The van der Waals surface area contributed by atoms with E-state index >= 15 is 0 Å². The van der Waals surface area contributed by atoms with Crippen LogP contribution in [0.5, 0.6) is 11.5 Å². The fourth-order valence-corrected chi connectivity index (χ4v) is 3.67. The Bertz CT molecular complexity index is 775. The molecule has 24 heavy (non-hydrogen) atoms. The lowest BCUT2D eigenvalue weighted by Crippen LogP contribution is -2.25. The number of hydrogen-bond donors (Lipinski definition) is 1. The lowest BCUT2D eigenvalue weighted by Gasteiger charge is -2.18. The summed E-state index contributed by atoms with van der Waals surface area (Å²) in [6, 6.07) is 14.9. The Morgan fingerprint density at radius 3 is 2.46 bits per heavy atom. The van der Waals surface area contributed by atoms with E-state index in [0.29, 0.717) is 31.3 Å². The van der Waals surface area contributed by atoms with E-state index in [1.807, 2.05) is 18.2 Å². The predicted molar refractivity (Wildman–Crippen MR) is 92.0 cm³/mol. The first-order valence-corrected chi connectivity index (χ1v) is 9.57. The molecule has 0 aromatic heterocycles. The third-order valence-corrected chi connectivity index (χ3v) is 5.31. The van der Waals surface area contributed by atoms with E-state index in [4.69, 9.17) is 9.47 Å². The summed E-state index contributed by atoms with van der Waals surface area (Å²) in [5.74, 6) is 1.07. The molecule has 0 fully saturated rings. The molecule has 1 N–H and O–H groups in total. The molecular weight excluding hydrogens is 326 g/mol. The van der Waals surface area contributed by atoms with E-state index < -0.39 is 10.0 Å². The number of hydrogen-bond acceptors (Lipinski definition) is 4. The van der Waals surface area contributed by atoms with Gasteiger partial charge in [-0.15, -0.1) is 0 Å². The topological polar surface area (TPSA) is 64.6 Å². The molecule has 0 bridgehead atoms. The molecular formula is C18H21NO4S. The number of ether oxygens (including phenoxy) is 2. The Morgan fingerprint density at radius 2 is 1.67 bits per heavy atom. The maximum Gasteiger partial charge on any atom is 0.240 e. The summed E-state index contributed by atoms with van der Waals surface area (Å²) in [7, 11) is -3.52. The standard InChI is InChI=1S/C18H21NO4S/c20-24(21,16-9-10-17-18(14-16)23-13-12-22-17)19-11-5-4-8-15-6-2-1-3-7-15/h1-3,6-7,9-10,14,19H,4-5,8,11-13H2. The first-order valence-electron chi connectivity index (χ1n) is 8.08. The van der Waals surface area contributed by atoms with Crippen LogP contribution >= 0.6 is 0 Å². The summed E-state index contributed by atoms with van der Waals surface area (Å²) in [6.07, 6.45) is 2.68. The van der Waals surface area contributed by atoms with Crippen molar-refractivity contribution in [1.29, 1.82) is 0 Å². The van der Waals surface area contributed by atoms with E-state index in [1.165, 1.54) is 11.6 Å². The Hall–Kier alpha value is -2.05. The third-order valence-electron chi connectivity index (χ3n) is 3.85. The quantitative estimate of drug-likeness (QED) is 0.782. The van der Waals surface area contributed by atoms with Gasteiger partial charge in [0.2, 0.25) is 10.0 Å². The SMILES string of the molecule is O=S(=O)(NCCCCc1ccccc1)c1ccc2c(c1)OCCO2. The highest BCUT2D eigenvalue weighted by molar-refractivity contribution is 7.89. The zero-order valence-electron chi connectivity index (χ0n) is 13.4. The third kappa shape index (κ3) is 4.27. The van der Waals surface area contributed by atoms with E-state index in [-0.39, 0.29) is 4.90 Å². The van der Waals surface area contributed by atoms with Crippen LogP contribution in [0.1, 0.15) is 18.4 Å². The van der Waals surface area contributed by atoms with Gasteiger partial charge in [0.05, 0.1) is 4.90 Å². The van der Waals surface area contributed by atoms with Crippen LogP contribution in [0.15, 0.2) is 53.4 Å². The summed E-state index contributed by atoms with van der Waals surface area (Å²) in [6.45, 7) is 1.34. The average molecular weight is 347 g/mol. The molecule has 6 heteroatoms. The lowest BCUT2D eigenvalue weighted by molar-refractivity contribution is 0.171. The Kier molecular flexibility index (Phi) is 5.37. The van der Waals surface area contributed by atoms with Gasteiger partial charge in [-0.05, 0) is 37.0 Å². The Balaban J connectivity index is 1.51. The Morgan fingerprint density at radius 1 is 0.917 bits per heavy atom. The van der Waals surface area contributed by atoms with Crippen LogP contribution in [0.25, 0.3) is 0 Å². The van der Waals surface area contributed by atoms with Crippen LogP contribution in [0, 0.1) is 0 Å². The Labute approximate surface area is 142 Å². The maximum absolute atomic E-state index is 12.3. The minimum absolute atomic E-state index is 0.204. The molecule has 2 aromatic carbocycles. The highest BCUT2D eigenvalue weighted by Gasteiger charge is 2.18. The van der Waals surface area contributed by atoms with Crippen LogP contribution in [-0.2, 0) is 16.4 Å². The average Bonchev–Trinajstić information content (AvgIpc) is 2.62. The smallest absolute Gasteiger partial charge is 0.240 e. The van der Waals surface area contributed by atoms with Crippen molar-refractivity contribution in [3.63, 3.8) is 0 Å².